The van der Waals surface area contributed by atoms with Gasteiger partial charge in [-0.25, -0.2) is 0 Å². The summed E-state index contributed by atoms with van der Waals surface area (Å²) in [6, 6.07) is 15.8. The van der Waals surface area contributed by atoms with Crippen molar-refractivity contribution < 1.29 is 19.1 Å². The van der Waals surface area contributed by atoms with Crippen molar-refractivity contribution in [2.24, 2.45) is 0 Å². The lowest BCUT2D eigenvalue weighted by molar-refractivity contribution is -0.132. The Morgan fingerprint density at radius 3 is 1.49 bits per heavy atom. The minimum absolute atomic E-state index is 0.293. The molecule has 2 unspecified atom stereocenters. The Morgan fingerprint density at radius 1 is 0.714 bits per heavy atom. The van der Waals surface area contributed by atoms with E-state index in [0.717, 1.165) is 71.8 Å². The van der Waals surface area contributed by atoms with Crippen molar-refractivity contribution in [1.29, 1.82) is 0 Å². The summed E-state index contributed by atoms with van der Waals surface area (Å²) < 4.78 is 11.1. The summed E-state index contributed by atoms with van der Waals surface area (Å²) in [7, 11) is 0. The van der Waals surface area contributed by atoms with Crippen LogP contribution in [-0.2, 0) is 9.59 Å². The Morgan fingerprint density at radius 2 is 1.11 bits per heavy atom. The topological polar surface area (TPSA) is 52.6 Å². The fourth-order valence-electron chi connectivity index (χ4n) is 4.11. The maximum atomic E-state index is 11.7. The van der Waals surface area contributed by atoms with Gasteiger partial charge in [0, 0.05) is 36.0 Å². The number of esters is 2. The van der Waals surface area contributed by atoms with Gasteiger partial charge in [-0.1, -0.05) is 81.1 Å². The first-order valence-corrected chi connectivity index (χ1v) is 15.6. The van der Waals surface area contributed by atoms with Gasteiger partial charge in [0.2, 0.25) is 0 Å². The van der Waals surface area contributed by atoms with E-state index in [9.17, 15) is 9.59 Å². The van der Waals surface area contributed by atoms with Crippen molar-refractivity contribution in [3.63, 3.8) is 0 Å². The second-order valence-corrected chi connectivity index (χ2v) is 11.2. The Balaban J connectivity index is 2.18. The molecule has 192 valence electrons. The summed E-state index contributed by atoms with van der Waals surface area (Å²) >= 11 is 9.01. The second-order valence-electron chi connectivity index (χ2n) is 8.56. The summed E-state index contributed by atoms with van der Waals surface area (Å²) in [6.45, 7) is 2.90. The maximum absolute atomic E-state index is 11.7. The number of rotatable bonds is 16. The number of ether oxygens (including phenoxy) is 2. The molecule has 2 atom stereocenters. The van der Waals surface area contributed by atoms with E-state index in [2.05, 4.69) is 44.0 Å². The van der Waals surface area contributed by atoms with Crippen LogP contribution in [0, 0.1) is 0 Å². The van der Waals surface area contributed by atoms with Crippen molar-refractivity contribution in [3.05, 3.63) is 59.7 Å². The van der Waals surface area contributed by atoms with Crippen molar-refractivity contribution in [3.8, 4) is 11.5 Å². The van der Waals surface area contributed by atoms with E-state index in [1.807, 2.05) is 48.2 Å². The molecule has 0 fully saturated rings. The SMILES string of the molecule is CC(=O)Oc1ccccc1C(CCCCBr)CSCC(CCCCBr)c1ccccc1OC(C)=O. The molecule has 7 heteroatoms. The largest absolute Gasteiger partial charge is 0.426 e. The molecule has 0 aromatic heterocycles. The molecule has 0 radical (unpaired) electrons. The Labute approximate surface area is 231 Å². The number of benzene rings is 2. The third kappa shape index (κ3) is 11.1. The number of hydrogen-bond acceptors (Lipinski definition) is 5. The minimum Gasteiger partial charge on any atom is -0.426 e. The van der Waals surface area contributed by atoms with Crippen LogP contribution in [0.25, 0.3) is 0 Å². The number of alkyl halides is 2. The normalized spacial score (nSPS) is 12.7. The highest BCUT2D eigenvalue weighted by atomic mass is 79.9. The van der Waals surface area contributed by atoms with Crippen LogP contribution in [0.1, 0.15) is 75.3 Å². The van der Waals surface area contributed by atoms with Crippen molar-refractivity contribution in [2.75, 3.05) is 22.2 Å². The van der Waals surface area contributed by atoms with E-state index in [1.165, 1.54) is 13.8 Å². The molecule has 0 spiro atoms. The zero-order valence-corrected chi connectivity index (χ0v) is 24.6. The van der Waals surface area contributed by atoms with Gasteiger partial charge in [0.15, 0.2) is 0 Å². The zero-order chi connectivity index (χ0) is 25.5. The molecule has 2 aromatic carbocycles. The molecule has 0 saturated carbocycles. The first-order chi connectivity index (χ1) is 17.0. The second kappa shape index (κ2) is 17.2. The molecular weight excluding hydrogens is 592 g/mol. The highest BCUT2D eigenvalue weighted by Crippen LogP contribution is 2.37. The average Bonchev–Trinajstić information content (AvgIpc) is 2.82. The molecule has 0 amide bonds. The van der Waals surface area contributed by atoms with Crippen LogP contribution in [0.2, 0.25) is 0 Å². The van der Waals surface area contributed by atoms with Crippen LogP contribution in [0.15, 0.2) is 48.5 Å². The molecular formula is C28H36Br2O4S. The van der Waals surface area contributed by atoms with E-state index in [0.29, 0.717) is 23.3 Å². The van der Waals surface area contributed by atoms with Gasteiger partial charge in [0.25, 0.3) is 0 Å². The first-order valence-electron chi connectivity index (χ1n) is 12.2. The lowest BCUT2D eigenvalue weighted by Crippen LogP contribution is -2.11. The van der Waals surface area contributed by atoms with E-state index in [4.69, 9.17) is 9.47 Å². The maximum Gasteiger partial charge on any atom is 0.308 e. The Bertz CT molecular complexity index is 848. The monoisotopic (exact) mass is 626 g/mol. The third-order valence-corrected chi connectivity index (χ3v) is 8.13. The smallest absolute Gasteiger partial charge is 0.308 e. The van der Waals surface area contributed by atoms with E-state index < -0.39 is 0 Å². The highest BCUT2D eigenvalue weighted by molar-refractivity contribution is 9.09. The summed E-state index contributed by atoms with van der Waals surface area (Å²) in [5.74, 6) is 3.20. The van der Waals surface area contributed by atoms with Crippen LogP contribution >= 0.6 is 43.6 Å². The van der Waals surface area contributed by atoms with Crippen LogP contribution in [0.5, 0.6) is 11.5 Å². The molecule has 0 aliphatic rings. The average molecular weight is 628 g/mol. The standard InChI is InChI=1S/C28H36Br2O4S/c1-21(31)33-27-15-5-3-13-25(27)23(11-7-9-17-29)19-35-20-24(12-8-10-18-30)26-14-4-6-16-28(26)34-22(2)32/h3-6,13-16,23-24H,7-12,17-20H2,1-2H3. The van der Waals surface area contributed by atoms with Crippen LogP contribution in [0.3, 0.4) is 0 Å². The van der Waals surface area contributed by atoms with Gasteiger partial charge in [0.05, 0.1) is 0 Å². The van der Waals surface area contributed by atoms with Gasteiger partial charge in [0.1, 0.15) is 11.5 Å². The number of halogens is 2. The van der Waals surface area contributed by atoms with E-state index >= 15 is 0 Å². The summed E-state index contributed by atoms with van der Waals surface area (Å²) in [4.78, 5) is 23.3. The first kappa shape index (κ1) is 29.9. The lowest BCUT2D eigenvalue weighted by Gasteiger charge is -2.23. The van der Waals surface area contributed by atoms with Gasteiger partial charge in [-0.05, 0) is 60.8 Å². The van der Waals surface area contributed by atoms with E-state index in [1.54, 1.807) is 0 Å². The van der Waals surface area contributed by atoms with Crippen LogP contribution < -0.4 is 9.47 Å². The molecule has 2 rings (SSSR count). The van der Waals surface area contributed by atoms with Gasteiger partial charge in [-0.3, -0.25) is 9.59 Å². The lowest BCUT2D eigenvalue weighted by atomic mass is 9.94. The number of carbonyl (C=O) groups is 2. The summed E-state index contributed by atoms with van der Waals surface area (Å²) in [6.07, 6.45) is 6.51. The van der Waals surface area contributed by atoms with Gasteiger partial charge < -0.3 is 9.47 Å². The predicted octanol–water partition coefficient (Wildman–Crippen LogP) is 8.27. The fraction of sp³-hybridized carbons (Fsp3) is 0.500. The van der Waals surface area contributed by atoms with Crippen molar-refractivity contribution in [1.82, 2.24) is 0 Å². The molecule has 2 aromatic rings. The summed E-state index contributed by atoms with van der Waals surface area (Å²) in [5, 5.41) is 1.97. The van der Waals surface area contributed by atoms with E-state index in [-0.39, 0.29) is 11.9 Å². The molecule has 4 nitrogen and oxygen atoms in total. The Kier molecular flexibility index (Phi) is 14.7. The number of unbranched alkanes of at least 4 members (excludes halogenated alkanes) is 2. The molecule has 0 aliphatic heterocycles. The Hall–Kier alpha value is -1.31. The third-order valence-electron chi connectivity index (χ3n) is 5.74. The molecule has 35 heavy (non-hydrogen) atoms. The molecule has 0 heterocycles. The molecule has 0 aliphatic carbocycles. The number of carbonyl (C=O) groups excluding carboxylic acids is 2. The van der Waals surface area contributed by atoms with Crippen LogP contribution in [-0.4, -0.2) is 34.1 Å². The zero-order valence-electron chi connectivity index (χ0n) is 20.6. The van der Waals surface area contributed by atoms with Crippen LogP contribution in [0.4, 0.5) is 0 Å². The number of hydrogen-bond donors (Lipinski definition) is 0. The van der Waals surface area contributed by atoms with Gasteiger partial charge in [-0.15, -0.1) is 0 Å². The fourth-order valence-corrected chi connectivity index (χ4v) is 6.30. The van der Waals surface area contributed by atoms with Crippen molar-refractivity contribution in [2.45, 2.75) is 64.2 Å². The van der Waals surface area contributed by atoms with Gasteiger partial charge in [-0.2, -0.15) is 11.8 Å². The van der Waals surface area contributed by atoms with Crippen molar-refractivity contribution >= 4 is 55.6 Å². The molecule has 0 bridgehead atoms. The molecule has 0 N–H and O–H groups in total. The minimum atomic E-state index is -0.293. The quantitative estimate of drug-likeness (QED) is 0.0811. The summed E-state index contributed by atoms with van der Waals surface area (Å²) in [5.41, 5.74) is 2.20. The molecule has 0 saturated heterocycles. The highest BCUT2D eigenvalue weighted by Gasteiger charge is 2.21. The number of thioether (sulfide) groups is 1. The number of para-hydroxylation sites is 2. The van der Waals surface area contributed by atoms with Gasteiger partial charge >= 0.3 is 11.9 Å². The predicted molar refractivity (Wildman–Crippen MR) is 154 cm³/mol.